The molecule has 0 aliphatic carbocycles. The molecule has 2 N–H and O–H groups in total. The Hall–Kier alpha value is -2.28. The Morgan fingerprint density at radius 3 is 2.52 bits per heavy atom. The molecule has 1 heterocycles. The molecule has 0 radical (unpaired) electrons. The van der Waals surface area contributed by atoms with Gasteiger partial charge >= 0.3 is 0 Å². The van der Waals surface area contributed by atoms with Crippen LogP contribution in [0.4, 0.5) is 0 Å². The zero-order valence-corrected chi connectivity index (χ0v) is 12.6. The van der Waals surface area contributed by atoms with Gasteiger partial charge in [0.25, 0.3) is 11.8 Å². The van der Waals surface area contributed by atoms with Crippen molar-refractivity contribution >= 4 is 27.7 Å². The summed E-state index contributed by atoms with van der Waals surface area (Å²) in [5.74, 6) is -0.509. The normalized spacial score (nSPS) is 9.95. The molecule has 0 saturated heterocycles. The van der Waals surface area contributed by atoms with Crippen LogP contribution in [0.15, 0.2) is 47.3 Å². The first-order chi connectivity index (χ1) is 10.2. The lowest BCUT2D eigenvalue weighted by Crippen LogP contribution is -2.35. The third-order valence-electron chi connectivity index (χ3n) is 2.58. The molecule has 0 atom stereocenters. The molecule has 0 unspecified atom stereocenters. The SMILES string of the molecule is O=C(NCCNC(=O)c1cnccn1)c1cccc(Br)c1. The van der Waals surface area contributed by atoms with Gasteiger partial charge in [-0.3, -0.25) is 14.6 Å². The van der Waals surface area contributed by atoms with Gasteiger partial charge < -0.3 is 10.6 Å². The Bertz CT molecular complexity index is 634. The highest BCUT2D eigenvalue weighted by molar-refractivity contribution is 9.10. The Kier molecular flexibility index (Phi) is 5.39. The fraction of sp³-hybridized carbons (Fsp3) is 0.143. The van der Waals surface area contributed by atoms with E-state index in [1.807, 2.05) is 6.07 Å². The molecule has 0 spiro atoms. The molecule has 0 aliphatic rings. The van der Waals surface area contributed by atoms with E-state index < -0.39 is 0 Å². The van der Waals surface area contributed by atoms with E-state index in [2.05, 4.69) is 36.5 Å². The van der Waals surface area contributed by atoms with Crippen LogP contribution >= 0.6 is 15.9 Å². The first-order valence-corrected chi connectivity index (χ1v) is 7.04. The van der Waals surface area contributed by atoms with Gasteiger partial charge in [-0.05, 0) is 18.2 Å². The Morgan fingerprint density at radius 2 is 1.86 bits per heavy atom. The number of amides is 2. The van der Waals surface area contributed by atoms with Crippen molar-refractivity contribution in [3.63, 3.8) is 0 Å². The second kappa shape index (κ2) is 7.49. The number of carbonyl (C=O) groups is 2. The van der Waals surface area contributed by atoms with Crippen LogP contribution in [0.2, 0.25) is 0 Å². The molecule has 0 saturated carbocycles. The van der Waals surface area contributed by atoms with Gasteiger partial charge in [-0.1, -0.05) is 22.0 Å². The summed E-state index contributed by atoms with van der Waals surface area (Å²) in [6, 6.07) is 7.08. The van der Waals surface area contributed by atoms with E-state index in [4.69, 9.17) is 0 Å². The molecule has 108 valence electrons. The summed E-state index contributed by atoms with van der Waals surface area (Å²) in [4.78, 5) is 31.2. The minimum atomic E-state index is -0.320. The fourth-order valence-corrected chi connectivity index (χ4v) is 1.99. The lowest BCUT2D eigenvalue weighted by Gasteiger charge is -2.07. The van der Waals surface area contributed by atoms with E-state index in [1.165, 1.54) is 18.6 Å². The predicted molar refractivity (Wildman–Crippen MR) is 80.8 cm³/mol. The highest BCUT2D eigenvalue weighted by atomic mass is 79.9. The summed E-state index contributed by atoms with van der Waals surface area (Å²) >= 11 is 3.31. The van der Waals surface area contributed by atoms with Gasteiger partial charge in [0.05, 0.1) is 6.20 Å². The lowest BCUT2D eigenvalue weighted by molar-refractivity contribution is 0.0925. The quantitative estimate of drug-likeness (QED) is 0.800. The summed E-state index contributed by atoms with van der Waals surface area (Å²) < 4.78 is 0.839. The summed E-state index contributed by atoms with van der Waals surface area (Å²) in [5, 5.41) is 5.37. The molecule has 2 aromatic rings. The average molecular weight is 349 g/mol. The van der Waals surface area contributed by atoms with Crippen LogP contribution in [0.3, 0.4) is 0 Å². The van der Waals surface area contributed by atoms with E-state index in [-0.39, 0.29) is 17.5 Å². The topological polar surface area (TPSA) is 84.0 Å². The zero-order chi connectivity index (χ0) is 15.1. The largest absolute Gasteiger partial charge is 0.350 e. The number of nitrogens with zero attached hydrogens (tertiary/aromatic N) is 2. The smallest absolute Gasteiger partial charge is 0.271 e. The number of hydrogen-bond acceptors (Lipinski definition) is 4. The van der Waals surface area contributed by atoms with Gasteiger partial charge in [0.2, 0.25) is 0 Å². The van der Waals surface area contributed by atoms with Crippen molar-refractivity contribution in [1.82, 2.24) is 20.6 Å². The number of nitrogens with one attached hydrogen (secondary N) is 2. The van der Waals surface area contributed by atoms with Crippen molar-refractivity contribution in [2.45, 2.75) is 0 Å². The standard InChI is InChI=1S/C14H13BrN4O2/c15-11-3-1-2-10(8-11)13(20)18-6-7-19-14(21)12-9-16-4-5-17-12/h1-5,8-9H,6-7H2,(H,18,20)(H,19,21). The van der Waals surface area contributed by atoms with E-state index in [0.29, 0.717) is 18.7 Å². The van der Waals surface area contributed by atoms with Crippen molar-refractivity contribution in [2.24, 2.45) is 0 Å². The summed E-state index contributed by atoms with van der Waals surface area (Å²) in [6.07, 6.45) is 4.33. The van der Waals surface area contributed by atoms with Crippen molar-refractivity contribution in [3.8, 4) is 0 Å². The van der Waals surface area contributed by atoms with Crippen molar-refractivity contribution in [2.75, 3.05) is 13.1 Å². The minimum absolute atomic E-state index is 0.190. The number of halogens is 1. The fourth-order valence-electron chi connectivity index (χ4n) is 1.59. The van der Waals surface area contributed by atoms with Crippen LogP contribution in [-0.4, -0.2) is 34.9 Å². The summed E-state index contributed by atoms with van der Waals surface area (Å²) in [7, 11) is 0. The number of carbonyl (C=O) groups excluding carboxylic acids is 2. The van der Waals surface area contributed by atoms with Crippen molar-refractivity contribution in [3.05, 3.63) is 58.6 Å². The van der Waals surface area contributed by atoms with Crippen molar-refractivity contribution < 1.29 is 9.59 Å². The van der Waals surface area contributed by atoms with E-state index in [0.717, 1.165) is 4.47 Å². The maximum Gasteiger partial charge on any atom is 0.271 e. The third-order valence-corrected chi connectivity index (χ3v) is 3.07. The number of hydrogen-bond donors (Lipinski definition) is 2. The predicted octanol–water partition coefficient (Wildman–Crippen LogP) is 1.40. The van der Waals surface area contributed by atoms with Crippen LogP contribution in [0, 0.1) is 0 Å². The molecule has 2 rings (SSSR count). The molecular formula is C14H13BrN4O2. The molecule has 0 fully saturated rings. The van der Waals surface area contributed by atoms with Crippen molar-refractivity contribution in [1.29, 1.82) is 0 Å². The van der Waals surface area contributed by atoms with E-state index in [9.17, 15) is 9.59 Å². The lowest BCUT2D eigenvalue weighted by atomic mass is 10.2. The Labute approximate surface area is 130 Å². The van der Waals surface area contributed by atoms with Crippen LogP contribution in [0.5, 0.6) is 0 Å². The van der Waals surface area contributed by atoms with Gasteiger partial charge in [-0.2, -0.15) is 0 Å². The average Bonchev–Trinajstić information content (AvgIpc) is 2.52. The van der Waals surface area contributed by atoms with E-state index in [1.54, 1.807) is 18.2 Å². The molecular weight excluding hydrogens is 336 g/mol. The zero-order valence-electron chi connectivity index (χ0n) is 11.0. The van der Waals surface area contributed by atoms with Gasteiger partial charge in [0.1, 0.15) is 5.69 Å². The second-order valence-corrected chi connectivity index (χ2v) is 5.03. The van der Waals surface area contributed by atoms with Crippen LogP contribution in [-0.2, 0) is 0 Å². The third kappa shape index (κ3) is 4.64. The molecule has 2 amide bonds. The second-order valence-electron chi connectivity index (χ2n) is 4.11. The van der Waals surface area contributed by atoms with Crippen LogP contribution in [0.25, 0.3) is 0 Å². The van der Waals surface area contributed by atoms with Gasteiger partial charge in [-0.25, -0.2) is 4.98 Å². The Morgan fingerprint density at radius 1 is 1.10 bits per heavy atom. The highest BCUT2D eigenvalue weighted by Gasteiger charge is 2.07. The molecule has 6 nitrogen and oxygen atoms in total. The summed E-state index contributed by atoms with van der Waals surface area (Å²) in [6.45, 7) is 0.645. The number of aromatic nitrogens is 2. The van der Waals surface area contributed by atoms with E-state index >= 15 is 0 Å². The number of rotatable bonds is 5. The molecule has 1 aromatic carbocycles. The maximum absolute atomic E-state index is 11.8. The summed E-state index contributed by atoms with van der Waals surface area (Å²) in [5.41, 5.74) is 0.806. The van der Waals surface area contributed by atoms with Gasteiger partial charge in [0, 0.05) is 35.5 Å². The first kappa shape index (κ1) is 15.1. The maximum atomic E-state index is 11.8. The van der Waals surface area contributed by atoms with Crippen LogP contribution < -0.4 is 10.6 Å². The molecule has 1 aromatic heterocycles. The number of benzene rings is 1. The highest BCUT2D eigenvalue weighted by Crippen LogP contribution is 2.11. The molecule has 0 bridgehead atoms. The minimum Gasteiger partial charge on any atom is -0.350 e. The monoisotopic (exact) mass is 348 g/mol. The Balaban J connectivity index is 1.75. The van der Waals surface area contributed by atoms with Gasteiger partial charge in [0.15, 0.2) is 0 Å². The molecule has 7 heteroatoms. The van der Waals surface area contributed by atoms with Gasteiger partial charge in [-0.15, -0.1) is 0 Å². The molecule has 21 heavy (non-hydrogen) atoms. The molecule has 0 aliphatic heterocycles. The first-order valence-electron chi connectivity index (χ1n) is 6.25. The van der Waals surface area contributed by atoms with Crippen LogP contribution in [0.1, 0.15) is 20.8 Å².